The summed E-state index contributed by atoms with van der Waals surface area (Å²) in [7, 11) is 0. The topological polar surface area (TPSA) is 88.2 Å². The zero-order chi connectivity index (χ0) is 13.2. The van der Waals surface area contributed by atoms with Crippen LogP contribution in [0.1, 0.15) is 32.4 Å². The third-order valence-corrected chi connectivity index (χ3v) is 2.26. The Bertz CT molecular complexity index is 429. The Kier molecular flexibility index (Phi) is 3.95. The largest absolute Gasteiger partial charge is 0.382 e. The minimum Gasteiger partial charge on any atom is -0.382 e. The molecule has 4 N–H and O–H groups in total. The molecule has 1 heterocycles. The number of nitrogens with zero attached hydrogens (tertiary/aromatic N) is 1. The van der Waals surface area contributed by atoms with Gasteiger partial charge in [0.1, 0.15) is 5.82 Å². The highest BCUT2D eigenvalue weighted by Gasteiger charge is 2.22. The smallest absolute Gasteiger partial charge is 0.253 e. The first kappa shape index (κ1) is 13.7. The molecule has 0 aliphatic rings. The van der Waals surface area contributed by atoms with Gasteiger partial charge in [-0.2, -0.15) is 0 Å². The maximum absolute atomic E-state index is 11.7. The van der Waals surface area contributed by atoms with Crippen molar-refractivity contribution in [1.29, 1.82) is 0 Å². The van der Waals surface area contributed by atoms with Crippen LogP contribution in [0.2, 0.25) is 5.02 Å². The van der Waals surface area contributed by atoms with Gasteiger partial charge in [-0.05, 0) is 26.8 Å². The number of anilines is 1. The van der Waals surface area contributed by atoms with Gasteiger partial charge in [0, 0.05) is 17.3 Å². The summed E-state index contributed by atoms with van der Waals surface area (Å²) < 4.78 is 0. The first-order valence-corrected chi connectivity index (χ1v) is 5.49. The fraction of sp³-hybridized carbons (Fsp3) is 0.455. The molecule has 6 heteroatoms. The van der Waals surface area contributed by atoms with Gasteiger partial charge in [0.2, 0.25) is 0 Å². The number of amides is 1. The van der Waals surface area contributed by atoms with E-state index in [4.69, 9.17) is 17.3 Å². The van der Waals surface area contributed by atoms with Gasteiger partial charge in [0.15, 0.2) is 6.10 Å². The molecule has 1 amide bonds. The Morgan fingerprint density at radius 2 is 2.18 bits per heavy atom. The molecule has 0 aliphatic carbocycles. The van der Waals surface area contributed by atoms with Gasteiger partial charge in [-0.15, -0.1) is 0 Å². The molecule has 0 radical (unpaired) electrons. The van der Waals surface area contributed by atoms with Gasteiger partial charge >= 0.3 is 0 Å². The number of nitrogen functional groups attached to an aromatic ring is 1. The summed E-state index contributed by atoms with van der Waals surface area (Å²) in [5, 5.41) is 12.7. The van der Waals surface area contributed by atoms with E-state index in [1.165, 1.54) is 12.3 Å². The summed E-state index contributed by atoms with van der Waals surface area (Å²) in [6.07, 6.45) is 0.0218. The highest BCUT2D eigenvalue weighted by molar-refractivity contribution is 6.32. The van der Waals surface area contributed by atoms with Crippen LogP contribution in [0.25, 0.3) is 0 Å². The number of carbonyl (C=O) groups excluding carboxylic acids is 1. The number of carbonyl (C=O) groups is 1. The van der Waals surface area contributed by atoms with Gasteiger partial charge in [-0.25, -0.2) is 4.98 Å². The van der Waals surface area contributed by atoms with E-state index in [0.717, 1.165) is 0 Å². The Hall–Kier alpha value is -1.33. The monoisotopic (exact) mass is 257 g/mol. The molecule has 0 spiro atoms. The van der Waals surface area contributed by atoms with Gasteiger partial charge in [-0.3, -0.25) is 4.79 Å². The van der Waals surface area contributed by atoms with Crippen LogP contribution in [0.3, 0.4) is 0 Å². The average molecular weight is 258 g/mol. The zero-order valence-corrected chi connectivity index (χ0v) is 10.7. The summed E-state index contributed by atoms with van der Waals surface area (Å²) >= 11 is 5.77. The number of hydrogen-bond acceptors (Lipinski definition) is 4. The van der Waals surface area contributed by atoms with Crippen molar-refractivity contribution in [3.8, 4) is 0 Å². The number of nitrogens with one attached hydrogen (secondary N) is 1. The molecule has 0 saturated heterocycles. The number of halogens is 1. The van der Waals surface area contributed by atoms with Crippen LogP contribution in [0.5, 0.6) is 0 Å². The van der Waals surface area contributed by atoms with E-state index in [9.17, 15) is 9.90 Å². The molecule has 1 unspecified atom stereocenters. The lowest BCUT2D eigenvalue weighted by atomic mass is 10.1. The first-order valence-electron chi connectivity index (χ1n) is 5.12. The standard InChI is InChI=1S/C11H16ClN3O2/c1-11(2,3)15-10(17)8(16)6-4-7(12)9(13)14-5-6/h4-5,8,16H,1-3H3,(H2,13,14)(H,15,17). The highest BCUT2D eigenvalue weighted by Crippen LogP contribution is 2.21. The van der Waals surface area contributed by atoms with E-state index in [-0.39, 0.29) is 10.8 Å². The predicted octanol–water partition coefficient (Wildman–Crippen LogP) is 1.27. The lowest BCUT2D eigenvalue weighted by Crippen LogP contribution is -2.43. The minimum atomic E-state index is -1.31. The van der Waals surface area contributed by atoms with Crippen LogP contribution in [0.4, 0.5) is 5.82 Å². The zero-order valence-electron chi connectivity index (χ0n) is 9.99. The van der Waals surface area contributed by atoms with Crippen molar-refractivity contribution in [3.05, 3.63) is 22.8 Å². The molecule has 5 nitrogen and oxygen atoms in total. The molecule has 0 bridgehead atoms. The van der Waals surface area contributed by atoms with Crippen molar-refractivity contribution in [2.24, 2.45) is 0 Å². The van der Waals surface area contributed by atoms with Crippen LogP contribution >= 0.6 is 11.6 Å². The summed E-state index contributed by atoms with van der Waals surface area (Å²) in [5.41, 5.74) is 5.34. The Labute approximate surface area is 105 Å². The molecule has 94 valence electrons. The van der Waals surface area contributed by atoms with Crippen molar-refractivity contribution in [2.45, 2.75) is 32.4 Å². The van der Waals surface area contributed by atoms with Crippen LogP contribution in [0, 0.1) is 0 Å². The maximum Gasteiger partial charge on any atom is 0.253 e. The summed E-state index contributed by atoms with van der Waals surface area (Å²) in [6, 6.07) is 1.43. The number of rotatable bonds is 2. The average Bonchev–Trinajstić information content (AvgIpc) is 2.18. The maximum atomic E-state index is 11.7. The quantitative estimate of drug-likeness (QED) is 0.744. The number of pyridine rings is 1. The second-order valence-electron chi connectivity index (χ2n) is 4.78. The minimum absolute atomic E-state index is 0.166. The molecule has 1 aromatic rings. The van der Waals surface area contributed by atoms with E-state index in [1.807, 2.05) is 20.8 Å². The van der Waals surface area contributed by atoms with Crippen LogP contribution in [-0.2, 0) is 4.79 Å². The predicted molar refractivity (Wildman–Crippen MR) is 66.5 cm³/mol. The van der Waals surface area contributed by atoms with Crippen LogP contribution < -0.4 is 11.1 Å². The van der Waals surface area contributed by atoms with Crippen molar-refractivity contribution in [3.63, 3.8) is 0 Å². The van der Waals surface area contributed by atoms with Crippen molar-refractivity contribution < 1.29 is 9.90 Å². The second kappa shape index (κ2) is 4.89. The van der Waals surface area contributed by atoms with Gasteiger partial charge in [0.05, 0.1) is 5.02 Å². The normalized spacial score (nSPS) is 13.2. The first-order chi connectivity index (χ1) is 7.70. The van der Waals surface area contributed by atoms with E-state index < -0.39 is 17.6 Å². The molecular formula is C11H16ClN3O2. The molecule has 0 aromatic carbocycles. The highest BCUT2D eigenvalue weighted by atomic mass is 35.5. The van der Waals surface area contributed by atoms with Crippen LogP contribution in [0.15, 0.2) is 12.3 Å². The molecule has 17 heavy (non-hydrogen) atoms. The van der Waals surface area contributed by atoms with Crippen molar-refractivity contribution in [1.82, 2.24) is 10.3 Å². The van der Waals surface area contributed by atoms with Gasteiger partial charge < -0.3 is 16.2 Å². The number of aliphatic hydroxyl groups excluding tert-OH is 1. The Morgan fingerprint density at radius 3 is 2.65 bits per heavy atom. The molecule has 0 saturated carbocycles. The summed E-state index contributed by atoms with van der Waals surface area (Å²) in [5.74, 6) is -0.334. The van der Waals surface area contributed by atoms with E-state index in [2.05, 4.69) is 10.3 Å². The van der Waals surface area contributed by atoms with E-state index >= 15 is 0 Å². The number of hydrogen-bond donors (Lipinski definition) is 3. The molecule has 0 fully saturated rings. The van der Waals surface area contributed by atoms with Crippen LogP contribution in [-0.4, -0.2) is 21.5 Å². The molecule has 1 atom stereocenters. The molecular weight excluding hydrogens is 242 g/mol. The molecule has 1 aromatic heterocycles. The van der Waals surface area contributed by atoms with E-state index in [1.54, 1.807) is 0 Å². The Morgan fingerprint density at radius 1 is 1.59 bits per heavy atom. The second-order valence-corrected chi connectivity index (χ2v) is 5.18. The third-order valence-electron chi connectivity index (χ3n) is 1.95. The van der Waals surface area contributed by atoms with Gasteiger partial charge in [0.25, 0.3) is 5.91 Å². The summed E-state index contributed by atoms with van der Waals surface area (Å²) in [4.78, 5) is 15.5. The third kappa shape index (κ3) is 3.87. The SMILES string of the molecule is CC(C)(C)NC(=O)C(O)c1cnc(N)c(Cl)c1. The lowest BCUT2D eigenvalue weighted by molar-refractivity contribution is -0.131. The van der Waals surface area contributed by atoms with Crippen molar-refractivity contribution in [2.75, 3.05) is 5.73 Å². The number of nitrogens with two attached hydrogens (primary N) is 1. The van der Waals surface area contributed by atoms with E-state index in [0.29, 0.717) is 5.56 Å². The lowest BCUT2D eigenvalue weighted by Gasteiger charge is -2.22. The number of aromatic nitrogens is 1. The fourth-order valence-corrected chi connectivity index (χ4v) is 1.38. The number of aliphatic hydroxyl groups is 1. The summed E-state index contributed by atoms with van der Waals surface area (Å²) in [6.45, 7) is 5.48. The Balaban J connectivity index is 2.85. The molecule has 0 aliphatic heterocycles. The van der Waals surface area contributed by atoms with Crippen molar-refractivity contribution >= 4 is 23.3 Å². The molecule has 1 rings (SSSR count). The van der Waals surface area contributed by atoms with Gasteiger partial charge in [-0.1, -0.05) is 11.6 Å². The fourth-order valence-electron chi connectivity index (χ4n) is 1.20.